The van der Waals surface area contributed by atoms with Gasteiger partial charge in [-0.05, 0) is 29.8 Å². The second kappa shape index (κ2) is 3.80. The zero-order valence-electron chi connectivity index (χ0n) is 6.87. The number of ether oxygens (including phenoxy) is 1. The molecule has 1 rings (SSSR count). The van der Waals surface area contributed by atoms with Crippen LogP contribution in [0.15, 0.2) is 9.98 Å². The molecule has 0 saturated carbocycles. The topological polar surface area (TPSA) is 51.0 Å². The number of nitrogens with zero attached hydrogens (tertiary/aromatic N) is 2. The molecule has 0 aromatic rings. The Kier molecular flexibility index (Phi) is 2.97. The molecule has 0 aliphatic carbocycles. The average molecular weight is 233 g/mol. The number of hydrogen-bond acceptors (Lipinski definition) is 4. The Labute approximate surface area is 78.9 Å². The van der Waals surface area contributed by atoms with Crippen molar-refractivity contribution in [2.75, 3.05) is 6.61 Å². The van der Waals surface area contributed by atoms with Crippen LogP contribution in [0.1, 0.15) is 13.8 Å². The molecular formula is C7H9BrN2O2. The molecule has 12 heavy (non-hydrogen) atoms. The number of aliphatic imine (C=N–C) groups is 2. The number of carbonyl (C=O) groups excluding carboxylic acids is 1. The predicted molar refractivity (Wildman–Crippen MR) is 49.9 cm³/mol. The van der Waals surface area contributed by atoms with E-state index in [1.807, 2.05) is 0 Å². The fourth-order valence-corrected chi connectivity index (χ4v) is 1.36. The molecule has 5 heteroatoms. The van der Waals surface area contributed by atoms with Gasteiger partial charge in [-0.2, -0.15) is 0 Å². The molecule has 0 saturated heterocycles. The molecule has 0 aromatic heterocycles. The number of amidine groups is 1. The Morgan fingerprint density at radius 2 is 2.42 bits per heavy atom. The summed E-state index contributed by atoms with van der Waals surface area (Å²) in [7, 11) is 0. The summed E-state index contributed by atoms with van der Waals surface area (Å²) in [5.74, 6) is -0.340. The van der Waals surface area contributed by atoms with Crippen molar-refractivity contribution in [1.29, 1.82) is 0 Å². The van der Waals surface area contributed by atoms with E-state index in [0.29, 0.717) is 17.1 Å². The summed E-state index contributed by atoms with van der Waals surface area (Å²) in [5.41, 5.74) is 0.667. The van der Waals surface area contributed by atoms with Gasteiger partial charge in [-0.3, -0.25) is 0 Å². The summed E-state index contributed by atoms with van der Waals surface area (Å²) in [6.45, 7) is 3.88. The molecule has 1 aliphatic heterocycles. The molecule has 0 amide bonds. The van der Waals surface area contributed by atoms with Gasteiger partial charge in [0.15, 0.2) is 10.8 Å². The molecule has 1 aliphatic rings. The van der Waals surface area contributed by atoms with Crippen LogP contribution < -0.4 is 0 Å². The van der Waals surface area contributed by atoms with Crippen LogP contribution in [-0.4, -0.2) is 29.1 Å². The number of carbonyl (C=O) groups is 1. The van der Waals surface area contributed by atoms with Crippen molar-refractivity contribution in [3.8, 4) is 0 Å². The minimum Gasteiger partial charge on any atom is -0.464 e. The van der Waals surface area contributed by atoms with Gasteiger partial charge in [0.2, 0.25) is 0 Å². The van der Waals surface area contributed by atoms with Crippen LogP contribution in [0.25, 0.3) is 0 Å². The third kappa shape index (κ3) is 1.91. The average Bonchev–Trinajstić information content (AvgIpc) is 2.30. The maximum atomic E-state index is 11.2. The Balaban J connectivity index is 2.66. The van der Waals surface area contributed by atoms with Crippen molar-refractivity contribution >= 4 is 32.4 Å². The van der Waals surface area contributed by atoms with Crippen molar-refractivity contribution in [3.05, 3.63) is 0 Å². The standard InChI is InChI=1S/C7H9BrN2O2/c1-3-12-6(11)5-4(2)9-7(8)10-5/h5H,3H2,1-2H3. The smallest absolute Gasteiger partial charge is 0.336 e. The lowest BCUT2D eigenvalue weighted by molar-refractivity contribution is -0.142. The molecule has 1 atom stereocenters. The van der Waals surface area contributed by atoms with E-state index in [4.69, 9.17) is 4.74 Å². The normalized spacial score (nSPS) is 21.8. The summed E-state index contributed by atoms with van der Waals surface area (Å²) in [4.78, 5) is 19.1. The lowest BCUT2D eigenvalue weighted by atomic mass is 10.2. The Morgan fingerprint density at radius 1 is 1.75 bits per heavy atom. The number of esters is 1. The number of halogens is 1. The van der Waals surface area contributed by atoms with Gasteiger partial charge < -0.3 is 4.74 Å². The molecule has 0 fully saturated rings. The lowest BCUT2D eigenvalue weighted by Crippen LogP contribution is -2.26. The monoisotopic (exact) mass is 232 g/mol. The van der Waals surface area contributed by atoms with Gasteiger partial charge in [-0.25, -0.2) is 14.8 Å². The van der Waals surface area contributed by atoms with E-state index in [-0.39, 0.29) is 5.97 Å². The van der Waals surface area contributed by atoms with Crippen molar-refractivity contribution in [2.24, 2.45) is 9.98 Å². The maximum absolute atomic E-state index is 11.2. The van der Waals surface area contributed by atoms with Crippen molar-refractivity contribution in [3.63, 3.8) is 0 Å². The molecule has 1 heterocycles. The number of rotatable bonds is 2. The Morgan fingerprint density at radius 3 is 2.83 bits per heavy atom. The summed E-state index contributed by atoms with van der Waals surface area (Å²) < 4.78 is 5.25. The molecule has 0 aromatic carbocycles. The van der Waals surface area contributed by atoms with Gasteiger partial charge in [0.25, 0.3) is 0 Å². The van der Waals surface area contributed by atoms with Gasteiger partial charge in [0.05, 0.1) is 12.3 Å². The summed E-state index contributed by atoms with van der Waals surface area (Å²) in [6, 6.07) is -0.542. The first kappa shape index (κ1) is 9.38. The molecule has 0 N–H and O–H groups in total. The van der Waals surface area contributed by atoms with Crippen LogP contribution in [-0.2, 0) is 9.53 Å². The summed E-state index contributed by atoms with van der Waals surface area (Å²) in [5, 5.41) is 0. The largest absolute Gasteiger partial charge is 0.464 e. The zero-order valence-corrected chi connectivity index (χ0v) is 8.46. The van der Waals surface area contributed by atoms with Gasteiger partial charge in [-0.15, -0.1) is 0 Å². The minimum absolute atomic E-state index is 0.340. The van der Waals surface area contributed by atoms with E-state index in [0.717, 1.165) is 0 Å². The third-order valence-corrected chi connectivity index (χ3v) is 1.79. The van der Waals surface area contributed by atoms with Gasteiger partial charge in [0.1, 0.15) is 0 Å². The molecule has 0 radical (unpaired) electrons. The minimum atomic E-state index is -0.542. The van der Waals surface area contributed by atoms with Crippen LogP contribution in [0.3, 0.4) is 0 Å². The Hall–Kier alpha value is -0.710. The first-order valence-electron chi connectivity index (χ1n) is 3.60. The maximum Gasteiger partial charge on any atom is 0.336 e. The highest BCUT2D eigenvalue weighted by atomic mass is 79.9. The van der Waals surface area contributed by atoms with Crippen LogP contribution in [0.2, 0.25) is 0 Å². The van der Waals surface area contributed by atoms with Gasteiger partial charge in [-0.1, -0.05) is 0 Å². The lowest BCUT2D eigenvalue weighted by Gasteiger charge is -2.05. The first-order chi connectivity index (χ1) is 5.65. The zero-order chi connectivity index (χ0) is 9.14. The molecular weight excluding hydrogens is 224 g/mol. The SMILES string of the molecule is CCOC(=O)C1N=C(Br)N=C1C. The van der Waals surface area contributed by atoms with Crippen LogP contribution in [0.4, 0.5) is 0 Å². The first-order valence-corrected chi connectivity index (χ1v) is 4.39. The fraction of sp³-hybridized carbons (Fsp3) is 0.571. The van der Waals surface area contributed by atoms with E-state index < -0.39 is 6.04 Å². The van der Waals surface area contributed by atoms with Gasteiger partial charge in [0, 0.05) is 0 Å². The second-order valence-corrected chi connectivity index (χ2v) is 3.02. The van der Waals surface area contributed by atoms with Crippen molar-refractivity contribution in [2.45, 2.75) is 19.9 Å². The van der Waals surface area contributed by atoms with Gasteiger partial charge >= 0.3 is 5.97 Å². The van der Waals surface area contributed by atoms with E-state index in [1.165, 1.54) is 0 Å². The van der Waals surface area contributed by atoms with E-state index in [2.05, 4.69) is 25.9 Å². The highest BCUT2D eigenvalue weighted by Crippen LogP contribution is 2.11. The van der Waals surface area contributed by atoms with Crippen LogP contribution in [0.5, 0.6) is 0 Å². The quantitative estimate of drug-likeness (QED) is 0.530. The van der Waals surface area contributed by atoms with E-state index >= 15 is 0 Å². The third-order valence-electron chi connectivity index (χ3n) is 1.41. The molecule has 4 nitrogen and oxygen atoms in total. The van der Waals surface area contributed by atoms with Crippen LogP contribution in [0, 0.1) is 0 Å². The highest BCUT2D eigenvalue weighted by molar-refractivity contribution is 9.18. The fourth-order valence-electron chi connectivity index (χ4n) is 0.880. The van der Waals surface area contributed by atoms with E-state index in [9.17, 15) is 4.79 Å². The van der Waals surface area contributed by atoms with Crippen LogP contribution >= 0.6 is 15.9 Å². The summed E-state index contributed by atoms with van der Waals surface area (Å²) in [6.07, 6.45) is 0. The predicted octanol–water partition coefficient (Wildman–Crippen LogP) is 1.14. The van der Waals surface area contributed by atoms with E-state index in [1.54, 1.807) is 13.8 Å². The summed E-state index contributed by atoms with van der Waals surface area (Å²) >= 11 is 3.09. The number of hydrogen-bond donors (Lipinski definition) is 0. The molecule has 0 spiro atoms. The van der Waals surface area contributed by atoms with Crippen molar-refractivity contribution in [1.82, 2.24) is 0 Å². The second-order valence-electron chi connectivity index (χ2n) is 2.31. The molecule has 0 bridgehead atoms. The van der Waals surface area contributed by atoms with Crippen molar-refractivity contribution < 1.29 is 9.53 Å². The highest BCUT2D eigenvalue weighted by Gasteiger charge is 2.26. The molecule has 1 unspecified atom stereocenters. The molecule has 66 valence electrons. The Bertz CT molecular complexity index is 260.